The lowest BCUT2D eigenvalue weighted by Gasteiger charge is -2.17. The molecule has 0 bridgehead atoms. The van der Waals surface area contributed by atoms with Crippen LogP contribution in [0.5, 0.6) is 0 Å². The zero-order valence-electron chi connectivity index (χ0n) is 13.1. The maximum Gasteiger partial charge on any atom is 0.354 e. The number of aryl methyl sites for hydroxylation is 1. The third-order valence-corrected chi connectivity index (χ3v) is 5.21. The molecule has 0 fully saturated rings. The molecule has 0 saturated carbocycles. The maximum absolute atomic E-state index is 12.4. The molecule has 1 rings (SSSR count). The monoisotopic (exact) mass is 327 g/mol. The molecule has 0 unspecified atom stereocenters. The fourth-order valence-corrected chi connectivity index (χ4v) is 3.51. The number of rotatable bonds is 8. The molecule has 1 aromatic heterocycles. The Labute approximate surface area is 131 Å². The minimum absolute atomic E-state index is 0.0719. The lowest BCUT2D eigenvalue weighted by atomic mass is 10.3. The summed E-state index contributed by atoms with van der Waals surface area (Å²) >= 11 is 0. The molecule has 0 aliphatic carbocycles. The molecule has 0 spiro atoms. The Morgan fingerprint density at radius 3 is 2.59 bits per heavy atom. The van der Waals surface area contributed by atoms with Gasteiger partial charge in [0.25, 0.3) is 0 Å². The van der Waals surface area contributed by atoms with Crippen LogP contribution in [0.2, 0.25) is 0 Å². The summed E-state index contributed by atoms with van der Waals surface area (Å²) < 4.78 is 32.6. The van der Waals surface area contributed by atoms with Crippen molar-refractivity contribution in [1.82, 2.24) is 8.87 Å². The van der Waals surface area contributed by atoms with E-state index in [-0.39, 0.29) is 17.2 Å². The highest BCUT2D eigenvalue weighted by atomic mass is 32.2. The second kappa shape index (κ2) is 7.96. The van der Waals surface area contributed by atoms with Gasteiger partial charge in [-0.3, -0.25) is 0 Å². The number of ether oxygens (including phenoxy) is 1. The van der Waals surface area contributed by atoms with E-state index in [1.54, 1.807) is 20.9 Å². The average molecular weight is 327 g/mol. The van der Waals surface area contributed by atoms with E-state index in [1.807, 2.05) is 6.07 Å². The number of carbonyl (C=O) groups excluding carboxylic acids is 1. The first-order chi connectivity index (χ1) is 10.4. The van der Waals surface area contributed by atoms with Crippen molar-refractivity contribution in [3.63, 3.8) is 0 Å². The van der Waals surface area contributed by atoms with Gasteiger partial charge < -0.3 is 9.30 Å². The van der Waals surface area contributed by atoms with Crippen molar-refractivity contribution in [3.8, 4) is 6.07 Å². The number of hydrogen-bond acceptors (Lipinski definition) is 5. The van der Waals surface area contributed by atoms with Crippen molar-refractivity contribution in [2.45, 2.75) is 31.6 Å². The minimum Gasteiger partial charge on any atom is -0.461 e. The summed E-state index contributed by atoms with van der Waals surface area (Å²) in [6.07, 6.45) is 2.17. The van der Waals surface area contributed by atoms with Crippen molar-refractivity contribution in [3.05, 3.63) is 18.0 Å². The van der Waals surface area contributed by atoms with E-state index in [0.717, 1.165) is 0 Å². The van der Waals surface area contributed by atoms with Crippen LogP contribution in [-0.4, -0.2) is 43.0 Å². The quantitative estimate of drug-likeness (QED) is 0.533. The van der Waals surface area contributed by atoms with E-state index in [0.29, 0.717) is 25.9 Å². The van der Waals surface area contributed by atoms with Crippen LogP contribution in [0, 0.1) is 11.3 Å². The van der Waals surface area contributed by atoms with Crippen LogP contribution in [0.15, 0.2) is 17.2 Å². The predicted octanol–water partition coefficient (Wildman–Crippen LogP) is 1.52. The molecule has 0 saturated heterocycles. The molecular formula is C14H21N3O4S. The molecule has 0 aromatic carbocycles. The first-order valence-corrected chi connectivity index (χ1v) is 8.53. The average Bonchev–Trinajstić information content (AvgIpc) is 2.87. The van der Waals surface area contributed by atoms with Gasteiger partial charge in [0.05, 0.1) is 12.7 Å². The predicted molar refractivity (Wildman–Crippen MR) is 80.6 cm³/mol. The van der Waals surface area contributed by atoms with E-state index in [4.69, 9.17) is 10.00 Å². The Bertz CT molecular complexity index is 654. The van der Waals surface area contributed by atoms with Gasteiger partial charge >= 0.3 is 5.97 Å². The Morgan fingerprint density at radius 2 is 2.05 bits per heavy atom. The van der Waals surface area contributed by atoms with E-state index >= 15 is 0 Å². The first kappa shape index (κ1) is 18.2. The largest absolute Gasteiger partial charge is 0.461 e. The summed E-state index contributed by atoms with van der Waals surface area (Å²) in [6, 6.07) is 3.28. The number of nitriles is 1. The van der Waals surface area contributed by atoms with Crippen molar-refractivity contribution in [2.24, 2.45) is 7.05 Å². The molecule has 0 atom stereocenters. The minimum atomic E-state index is -3.60. The van der Waals surface area contributed by atoms with Gasteiger partial charge in [0.1, 0.15) is 10.6 Å². The number of carbonyl (C=O) groups is 1. The van der Waals surface area contributed by atoms with Gasteiger partial charge in [-0.2, -0.15) is 9.57 Å². The van der Waals surface area contributed by atoms with Crippen LogP contribution in [-0.2, 0) is 21.8 Å². The summed E-state index contributed by atoms with van der Waals surface area (Å²) in [5.41, 5.74) is 0.169. The highest BCUT2D eigenvalue weighted by Gasteiger charge is 2.25. The van der Waals surface area contributed by atoms with E-state index < -0.39 is 16.0 Å². The van der Waals surface area contributed by atoms with Crippen molar-refractivity contribution >= 4 is 16.0 Å². The molecule has 122 valence electrons. The Balaban J connectivity index is 2.92. The third-order valence-electron chi connectivity index (χ3n) is 3.20. The highest BCUT2D eigenvalue weighted by Crippen LogP contribution is 2.19. The van der Waals surface area contributed by atoms with Crippen molar-refractivity contribution < 1.29 is 17.9 Å². The van der Waals surface area contributed by atoms with Gasteiger partial charge in [-0.05, 0) is 12.5 Å². The molecule has 1 heterocycles. The lowest BCUT2D eigenvalue weighted by Crippen LogP contribution is -2.30. The number of unbranched alkanes of at least 4 members (excludes halogenated alkanes) is 1. The number of esters is 1. The van der Waals surface area contributed by atoms with Crippen LogP contribution >= 0.6 is 0 Å². The van der Waals surface area contributed by atoms with Gasteiger partial charge in [0.15, 0.2) is 0 Å². The van der Waals surface area contributed by atoms with Gasteiger partial charge in [-0.25, -0.2) is 13.2 Å². The third kappa shape index (κ3) is 4.08. The molecule has 0 aliphatic rings. The summed E-state index contributed by atoms with van der Waals surface area (Å²) in [5, 5.41) is 8.42. The molecule has 0 aliphatic heterocycles. The fourth-order valence-electron chi connectivity index (χ4n) is 1.98. The molecule has 0 radical (unpaired) electrons. The zero-order chi connectivity index (χ0) is 16.8. The number of sulfonamides is 1. The van der Waals surface area contributed by atoms with Gasteiger partial charge in [-0.1, -0.05) is 13.8 Å². The van der Waals surface area contributed by atoms with Gasteiger partial charge in [-0.15, -0.1) is 0 Å². The molecule has 1 aromatic rings. The fraction of sp³-hybridized carbons (Fsp3) is 0.571. The van der Waals surface area contributed by atoms with Crippen LogP contribution < -0.4 is 0 Å². The second-order valence-electron chi connectivity index (χ2n) is 4.66. The van der Waals surface area contributed by atoms with E-state index in [9.17, 15) is 13.2 Å². The number of nitrogens with zero attached hydrogens (tertiary/aromatic N) is 3. The van der Waals surface area contributed by atoms with E-state index in [1.165, 1.54) is 21.1 Å². The second-order valence-corrected chi connectivity index (χ2v) is 6.60. The SMILES string of the molecule is CCN(CC)S(=O)(=O)c1cc(C(=O)OCCCC#N)n(C)c1. The maximum atomic E-state index is 12.4. The van der Waals surface area contributed by atoms with Crippen LogP contribution in [0.3, 0.4) is 0 Å². The Kier molecular flexibility index (Phi) is 6.59. The standard InChI is InChI=1S/C14H21N3O4S/c1-4-17(5-2)22(19,20)12-10-13(16(3)11-12)14(18)21-9-7-6-8-15/h10-11H,4-7,9H2,1-3H3. The summed E-state index contributed by atoms with van der Waals surface area (Å²) in [6.45, 7) is 4.38. The molecule has 0 amide bonds. The van der Waals surface area contributed by atoms with Gasteiger partial charge in [0.2, 0.25) is 10.0 Å². The molecule has 7 nitrogen and oxygen atoms in total. The van der Waals surface area contributed by atoms with Crippen LogP contribution in [0.4, 0.5) is 0 Å². The topological polar surface area (TPSA) is 92.4 Å². The molecule has 8 heteroatoms. The summed E-state index contributed by atoms with van der Waals surface area (Å²) in [5.74, 6) is -0.596. The zero-order valence-corrected chi connectivity index (χ0v) is 13.9. The Hall–Kier alpha value is -1.85. The van der Waals surface area contributed by atoms with Crippen LogP contribution in [0.1, 0.15) is 37.2 Å². The lowest BCUT2D eigenvalue weighted by molar-refractivity contribution is 0.0490. The molecular weight excluding hydrogens is 306 g/mol. The number of hydrogen-bond donors (Lipinski definition) is 0. The van der Waals surface area contributed by atoms with E-state index in [2.05, 4.69) is 0 Å². The summed E-state index contributed by atoms with van der Waals surface area (Å²) in [7, 11) is -2.01. The highest BCUT2D eigenvalue weighted by molar-refractivity contribution is 7.89. The smallest absolute Gasteiger partial charge is 0.354 e. The van der Waals surface area contributed by atoms with Crippen molar-refractivity contribution in [1.29, 1.82) is 5.26 Å². The normalized spacial score (nSPS) is 11.4. The number of aromatic nitrogens is 1. The van der Waals surface area contributed by atoms with Crippen molar-refractivity contribution in [2.75, 3.05) is 19.7 Å². The molecule has 22 heavy (non-hydrogen) atoms. The Morgan fingerprint density at radius 1 is 1.41 bits per heavy atom. The summed E-state index contributed by atoms with van der Waals surface area (Å²) in [4.78, 5) is 12.0. The van der Waals surface area contributed by atoms with Crippen LogP contribution in [0.25, 0.3) is 0 Å². The molecule has 0 N–H and O–H groups in total. The first-order valence-electron chi connectivity index (χ1n) is 7.09. The van der Waals surface area contributed by atoms with Gasteiger partial charge in [0, 0.05) is 32.8 Å².